The zero-order valence-corrected chi connectivity index (χ0v) is 15.3. The summed E-state index contributed by atoms with van der Waals surface area (Å²) in [6.45, 7) is 5.61. The highest BCUT2D eigenvalue weighted by Gasteiger charge is 1.87. The Kier molecular flexibility index (Phi) is 58.3. The van der Waals surface area contributed by atoms with Crippen LogP contribution in [-0.4, -0.2) is 39.1 Å². The van der Waals surface area contributed by atoms with Gasteiger partial charge in [-0.1, -0.05) is 58.8 Å². The van der Waals surface area contributed by atoms with Crippen molar-refractivity contribution in [3.8, 4) is 0 Å². The number of aliphatic hydroxyl groups excluding tert-OH is 1. The van der Waals surface area contributed by atoms with Crippen molar-refractivity contribution in [2.24, 2.45) is 5.73 Å². The van der Waals surface area contributed by atoms with Gasteiger partial charge in [0, 0.05) is 13.5 Å². The Morgan fingerprint density at radius 3 is 1.71 bits per heavy atom. The molecule has 0 aromatic rings. The van der Waals surface area contributed by atoms with Crippen LogP contribution in [-0.2, 0) is 4.79 Å². The average Bonchev–Trinajstić information content (AvgIpc) is 2.56. The summed E-state index contributed by atoms with van der Waals surface area (Å²) in [7, 11) is 4.50. The Bertz CT molecular complexity index is 130. The van der Waals surface area contributed by atoms with Crippen molar-refractivity contribution >= 4 is 6.29 Å². The molecule has 0 aromatic carbocycles. The molecule has 0 bridgehead atoms. The second kappa shape index (κ2) is 42.7. The third-order valence-corrected chi connectivity index (χ3v) is 2.71. The smallest absolute Gasteiger partial charge is 0.119 e. The summed E-state index contributed by atoms with van der Waals surface area (Å²) in [6, 6.07) is 0. The number of carbonyl (C=O) groups excluding carboxylic acids is 1. The van der Waals surface area contributed by atoms with Crippen LogP contribution in [0.2, 0.25) is 0 Å². The van der Waals surface area contributed by atoms with Gasteiger partial charge < -0.3 is 21.0 Å². The van der Waals surface area contributed by atoms with Gasteiger partial charge in [0.15, 0.2) is 0 Å². The van der Waals surface area contributed by atoms with E-state index in [9.17, 15) is 4.79 Å². The van der Waals surface area contributed by atoms with Crippen LogP contribution < -0.4 is 11.1 Å². The van der Waals surface area contributed by atoms with E-state index in [0.29, 0.717) is 0 Å². The van der Waals surface area contributed by atoms with Gasteiger partial charge in [-0.05, 0) is 33.5 Å². The van der Waals surface area contributed by atoms with Crippen LogP contribution in [0.1, 0.15) is 78.1 Å². The van der Waals surface area contributed by atoms with E-state index in [1.165, 1.54) is 65.0 Å². The van der Waals surface area contributed by atoms with E-state index in [0.717, 1.165) is 26.2 Å². The van der Waals surface area contributed by atoms with Crippen LogP contribution in [0.25, 0.3) is 0 Å². The lowest BCUT2D eigenvalue weighted by Crippen LogP contribution is -2.06. The molecule has 0 fully saturated rings. The van der Waals surface area contributed by atoms with Gasteiger partial charge in [0.25, 0.3) is 0 Å². The highest BCUT2D eigenvalue weighted by molar-refractivity contribution is 5.48. The van der Waals surface area contributed by atoms with Crippen LogP contribution in [0.4, 0.5) is 0 Å². The van der Waals surface area contributed by atoms with Crippen LogP contribution in [0.5, 0.6) is 0 Å². The number of unbranched alkanes of at least 4 members (excludes halogenated alkanes) is 8. The molecule has 21 heavy (non-hydrogen) atoms. The quantitative estimate of drug-likeness (QED) is 0.403. The lowest BCUT2D eigenvalue weighted by atomic mass is 10.1. The van der Waals surface area contributed by atoms with Crippen molar-refractivity contribution in [2.45, 2.75) is 78.1 Å². The van der Waals surface area contributed by atoms with E-state index in [2.05, 4.69) is 24.9 Å². The van der Waals surface area contributed by atoms with Crippen molar-refractivity contribution in [1.82, 2.24) is 5.32 Å². The molecule has 0 saturated carbocycles. The zero-order chi connectivity index (χ0) is 17.2. The number of hydrogen-bond acceptors (Lipinski definition) is 4. The van der Waals surface area contributed by atoms with Gasteiger partial charge in [-0.25, -0.2) is 0 Å². The van der Waals surface area contributed by atoms with E-state index in [4.69, 9.17) is 5.11 Å². The fourth-order valence-electron chi connectivity index (χ4n) is 1.56. The van der Waals surface area contributed by atoms with Crippen LogP contribution in [0, 0.1) is 0 Å². The number of carbonyl (C=O) groups is 1. The lowest BCUT2D eigenvalue weighted by Gasteiger charge is -1.95. The Hall–Kier alpha value is -0.450. The molecule has 0 rings (SSSR count). The molecule has 0 heterocycles. The summed E-state index contributed by atoms with van der Waals surface area (Å²) < 4.78 is 0. The van der Waals surface area contributed by atoms with Gasteiger partial charge >= 0.3 is 0 Å². The maximum Gasteiger partial charge on any atom is 0.119 e. The Balaban J connectivity index is -0.000000115. The van der Waals surface area contributed by atoms with Gasteiger partial charge in [0.1, 0.15) is 6.29 Å². The molecule has 0 amide bonds. The molecular formula is C17H42N2O2. The van der Waals surface area contributed by atoms with Crippen LogP contribution in [0.15, 0.2) is 0 Å². The van der Waals surface area contributed by atoms with Gasteiger partial charge in [-0.15, -0.1) is 0 Å². The second-order valence-corrected chi connectivity index (χ2v) is 4.53. The molecule has 0 aliphatic carbocycles. The predicted molar refractivity (Wildman–Crippen MR) is 95.8 cm³/mol. The minimum Gasteiger partial charge on any atom is -0.400 e. The fourth-order valence-corrected chi connectivity index (χ4v) is 1.56. The highest BCUT2D eigenvalue weighted by atomic mass is 16.2. The molecule has 0 radical (unpaired) electrons. The van der Waals surface area contributed by atoms with E-state index >= 15 is 0 Å². The summed E-state index contributed by atoms with van der Waals surface area (Å²) in [5.74, 6) is 0. The van der Waals surface area contributed by atoms with E-state index < -0.39 is 0 Å². The lowest BCUT2D eigenvalue weighted by molar-refractivity contribution is -0.107. The van der Waals surface area contributed by atoms with Gasteiger partial charge in [-0.2, -0.15) is 0 Å². The van der Waals surface area contributed by atoms with Gasteiger partial charge in [0.05, 0.1) is 0 Å². The second-order valence-electron chi connectivity index (χ2n) is 4.53. The zero-order valence-electron chi connectivity index (χ0n) is 15.3. The molecule has 0 aromatic heterocycles. The maximum absolute atomic E-state index is 9.89. The van der Waals surface area contributed by atoms with Crippen molar-refractivity contribution in [2.75, 3.05) is 27.7 Å². The minimum absolute atomic E-state index is 0.756. The van der Waals surface area contributed by atoms with Crippen molar-refractivity contribution < 1.29 is 9.90 Å². The third-order valence-electron chi connectivity index (χ3n) is 2.71. The molecule has 0 unspecified atom stereocenters. The molecule has 0 atom stereocenters. The number of aldehydes is 1. The van der Waals surface area contributed by atoms with Crippen molar-refractivity contribution in [3.63, 3.8) is 0 Å². The minimum atomic E-state index is 0.756. The molecule has 0 aliphatic heterocycles. The molecule has 132 valence electrons. The standard InChI is InChI=1S/C9H18O.C6H15N.CH5N.CH4O/c1-2-3-4-5-6-7-8-9-10;1-3-4-5-6-7-2;2*1-2/h9H,2-8H2,1H3;7H,3-6H2,1-2H3;2H2,1H3;2H,1H3. The Morgan fingerprint density at radius 2 is 1.29 bits per heavy atom. The van der Waals surface area contributed by atoms with E-state index in [1.807, 2.05) is 7.05 Å². The third kappa shape index (κ3) is 54.1. The summed E-state index contributed by atoms with van der Waals surface area (Å²) in [4.78, 5) is 9.89. The Morgan fingerprint density at radius 1 is 0.857 bits per heavy atom. The summed E-state index contributed by atoms with van der Waals surface area (Å²) in [5.41, 5.74) is 4.50. The topological polar surface area (TPSA) is 75.4 Å². The normalized spacial score (nSPS) is 8.33. The average molecular weight is 307 g/mol. The SMILES string of the molecule is CCCCCCCCC=O.CCCCCNC.CN.CO. The highest BCUT2D eigenvalue weighted by Crippen LogP contribution is 2.05. The maximum atomic E-state index is 9.89. The van der Waals surface area contributed by atoms with Gasteiger partial charge in [0.2, 0.25) is 0 Å². The fraction of sp³-hybridized carbons (Fsp3) is 0.941. The largest absolute Gasteiger partial charge is 0.400 e. The van der Waals surface area contributed by atoms with Gasteiger partial charge in [-0.3, -0.25) is 0 Å². The predicted octanol–water partition coefficient (Wildman–Crippen LogP) is 3.52. The molecule has 0 saturated heterocycles. The molecule has 4 N–H and O–H groups in total. The first-order chi connectivity index (χ1) is 10.3. The number of nitrogens with two attached hydrogens (primary N) is 1. The first-order valence-electron chi connectivity index (χ1n) is 8.44. The first-order valence-corrected chi connectivity index (χ1v) is 8.44. The molecular weight excluding hydrogens is 264 g/mol. The summed E-state index contributed by atoms with van der Waals surface area (Å²) in [5, 5.41) is 10.1. The number of nitrogens with one attached hydrogen (secondary N) is 1. The number of hydrogen-bond donors (Lipinski definition) is 3. The first kappa shape index (κ1) is 28.7. The number of rotatable bonds is 11. The molecule has 4 nitrogen and oxygen atoms in total. The Labute approximate surface area is 133 Å². The molecule has 0 spiro atoms. The monoisotopic (exact) mass is 306 g/mol. The summed E-state index contributed by atoms with van der Waals surface area (Å²) >= 11 is 0. The summed E-state index contributed by atoms with van der Waals surface area (Å²) in [6.07, 6.45) is 13.4. The van der Waals surface area contributed by atoms with Crippen molar-refractivity contribution in [3.05, 3.63) is 0 Å². The van der Waals surface area contributed by atoms with Crippen molar-refractivity contribution in [1.29, 1.82) is 0 Å². The number of aliphatic hydroxyl groups is 1. The molecule has 4 heteroatoms. The van der Waals surface area contributed by atoms with Crippen LogP contribution >= 0.6 is 0 Å². The molecule has 0 aliphatic rings. The van der Waals surface area contributed by atoms with E-state index in [1.54, 1.807) is 0 Å². The van der Waals surface area contributed by atoms with Crippen LogP contribution in [0.3, 0.4) is 0 Å². The van der Waals surface area contributed by atoms with E-state index in [-0.39, 0.29) is 0 Å².